The van der Waals surface area contributed by atoms with Crippen molar-refractivity contribution >= 4 is 0 Å². The highest BCUT2D eigenvalue weighted by Gasteiger charge is 1.69. The van der Waals surface area contributed by atoms with E-state index in [0.717, 1.165) is 6.42 Å². The first-order chi connectivity index (χ1) is 3.41. The van der Waals surface area contributed by atoms with Crippen molar-refractivity contribution in [2.24, 2.45) is 5.11 Å². The standard InChI is InChI=1S/C4H7N3/c1-2-3-4-6-7-5/h2H,1,3-4H2. The van der Waals surface area contributed by atoms with Gasteiger partial charge in [0.25, 0.3) is 0 Å². The average Bonchev–Trinajstić information content (AvgIpc) is 1.69. The van der Waals surface area contributed by atoms with Crippen molar-refractivity contribution in [3.8, 4) is 0 Å². The second kappa shape index (κ2) is 5.05. The number of hydrogen-bond donors (Lipinski definition) is 0. The molecule has 0 saturated heterocycles. The lowest BCUT2D eigenvalue weighted by molar-refractivity contribution is 0.995. The first-order valence-corrected chi connectivity index (χ1v) is 2.03. The van der Waals surface area contributed by atoms with E-state index >= 15 is 0 Å². The van der Waals surface area contributed by atoms with E-state index in [1.54, 1.807) is 6.08 Å². The predicted molar refractivity (Wildman–Crippen MR) is 28.8 cm³/mol. The fourth-order valence-electron chi connectivity index (χ4n) is 0.194. The van der Waals surface area contributed by atoms with Gasteiger partial charge in [0.15, 0.2) is 0 Å². The Morgan fingerprint density at radius 3 is 3.00 bits per heavy atom. The summed E-state index contributed by atoms with van der Waals surface area (Å²) in [7, 11) is 0. The summed E-state index contributed by atoms with van der Waals surface area (Å²) in [5.74, 6) is 0. The highest BCUT2D eigenvalue weighted by molar-refractivity contribution is 4.66. The van der Waals surface area contributed by atoms with Crippen LogP contribution in [-0.2, 0) is 0 Å². The fraction of sp³-hybridized carbons (Fsp3) is 0.500. The number of rotatable bonds is 3. The monoisotopic (exact) mass is 97.1 g/mol. The molecule has 0 aromatic carbocycles. The molecule has 0 N–H and O–H groups in total. The molecule has 0 heterocycles. The van der Waals surface area contributed by atoms with E-state index in [-0.39, 0.29) is 0 Å². The molecule has 0 aromatic heterocycles. The van der Waals surface area contributed by atoms with Gasteiger partial charge in [-0.25, -0.2) is 0 Å². The van der Waals surface area contributed by atoms with Gasteiger partial charge in [-0.15, -0.1) is 6.58 Å². The van der Waals surface area contributed by atoms with Crippen LogP contribution < -0.4 is 0 Å². The van der Waals surface area contributed by atoms with Gasteiger partial charge in [0, 0.05) is 11.5 Å². The SMILES string of the molecule is C=CCCN=[N+]=[N-]. The molecule has 0 aromatic rings. The lowest BCUT2D eigenvalue weighted by atomic mass is 10.4. The minimum Gasteiger partial charge on any atom is -0.103 e. The third kappa shape index (κ3) is 5.05. The van der Waals surface area contributed by atoms with Crippen molar-refractivity contribution in [1.82, 2.24) is 0 Å². The molecule has 0 rings (SSSR count). The Bertz CT molecular complexity index is 91.1. The molecular formula is C4H7N3. The van der Waals surface area contributed by atoms with Crippen molar-refractivity contribution in [3.05, 3.63) is 23.1 Å². The highest BCUT2D eigenvalue weighted by atomic mass is 15.1. The maximum atomic E-state index is 7.72. The molecule has 3 nitrogen and oxygen atoms in total. The summed E-state index contributed by atoms with van der Waals surface area (Å²) in [6.07, 6.45) is 2.48. The van der Waals surface area contributed by atoms with Crippen LogP contribution in [0.1, 0.15) is 6.42 Å². The molecule has 0 bridgehead atoms. The Kier molecular flexibility index (Phi) is 4.36. The zero-order valence-corrected chi connectivity index (χ0v) is 4.04. The van der Waals surface area contributed by atoms with Crippen molar-refractivity contribution in [2.45, 2.75) is 6.42 Å². The minimum atomic E-state index is 0.528. The van der Waals surface area contributed by atoms with Gasteiger partial charge >= 0.3 is 0 Å². The topological polar surface area (TPSA) is 48.8 Å². The maximum Gasteiger partial charge on any atom is 0.0292 e. The van der Waals surface area contributed by atoms with E-state index in [1.807, 2.05) is 0 Å². The first-order valence-electron chi connectivity index (χ1n) is 2.03. The van der Waals surface area contributed by atoms with Crippen LogP contribution in [0.3, 0.4) is 0 Å². The minimum absolute atomic E-state index is 0.528. The Labute approximate surface area is 42.3 Å². The summed E-state index contributed by atoms with van der Waals surface area (Å²) in [6.45, 7) is 3.98. The van der Waals surface area contributed by atoms with E-state index in [0.29, 0.717) is 6.54 Å². The zero-order chi connectivity index (χ0) is 5.54. The maximum absolute atomic E-state index is 7.72. The van der Waals surface area contributed by atoms with Crippen LogP contribution in [0.2, 0.25) is 0 Å². The fourth-order valence-corrected chi connectivity index (χ4v) is 0.194. The third-order valence-corrected chi connectivity index (χ3v) is 0.496. The lowest BCUT2D eigenvalue weighted by Crippen LogP contribution is -1.68. The number of azide groups is 1. The summed E-state index contributed by atoms with van der Waals surface area (Å²) in [4.78, 5) is 2.55. The van der Waals surface area contributed by atoms with Crippen molar-refractivity contribution < 1.29 is 0 Å². The smallest absolute Gasteiger partial charge is 0.0292 e. The Balaban J connectivity index is 2.97. The summed E-state index contributed by atoms with van der Waals surface area (Å²) in [5, 5.41) is 3.27. The van der Waals surface area contributed by atoms with Crippen LogP contribution >= 0.6 is 0 Å². The van der Waals surface area contributed by atoms with Crippen LogP contribution in [0.15, 0.2) is 17.8 Å². The van der Waals surface area contributed by atoms with E-state index in [4.69, 9.17) is 5.53 Å². The van der Waals surface area contributed by atoms with Gasteiger partial charge in [-0.05, 0) is 12.0 Å². The van der Waals surface area contributed by atoms with Crippen LogP contribution in [0.25, 0.3) is 10.4 Å². The van der Waals surface area contributed by atoms with Crippen LogP contribution in [0.5, 0.6) is 0 Å². The Morgan fingerprint density at radius 2 is 2.57 bits per heavy atom. The molecule has 0 aliphatic carbocycles. The zero-order valence-electron chi connectivity index (χ0n) is 4.04. The predicted octanol–water partition coefficient (Wildman–Crippen LogP) is 1.87. The number of nitrogens with zero attached hydrogens (tertiary/aromatic N) is 3. The molecule has 0 aliphatic rings. The lowest BCUT2D eigenvalue weighted by Gasteiger charge is -1.75. The van der Waals surface area contributed by atoms with E-state index in [2.05, 4.69) is 16.6 Å². The molecule has 0 fully saturated rings. The number of hydrogen-bond acceptors (Lipinski definition) is 1. The molecule has 0 atom stereocenters. The molecule has 3 heteroatoms. The van der Waals surface area contributed by atoms with Gasteiger partial charge in [0.2, 0.25) is 0 Å². The van der Waals surface area contributed by atoms with Crippen molar-refractivity contribution in [3.63, 3.8) is 0 Å². The highest BCUT2D eigenvalue weighted by Crippen LogP contribution is 1.79. The molecule has 0 unspecified atom stereocenters. The molecule has 0 amide bonds. The normalized spacial score (nSPS) is 6.86. The summed E-state index contributed by atoms with van der Waals surface area (Å²) in [6, 6.07) is 0. The van der Waals surface area contributed by atoms with Gasteiger partial charge in [0.1, 0.15) is 0 Å². The molecule has 0 radical (unpaired) electrons. The molecule has 0 spiro atoms. The molecule has 0 saturated carbocycles. The van der Waals surface area contributed by atoms with E-state index < -0.39 is 0 Å². The van der Waals surface area contributed by atoms with Crippen molar-refractivity contribution in [2.75, 3.05) is 6.54 Å². The second-order valence-electron chi connectivity index (χ2n) is 1.03. The van der Waals surface area contributed by atoms with Gasteiger partial charge in [0.05, 0.1) is 0 Å². The molecule has 7 heavy (non-hydrogen) atoms. The Hall–Kier alpha value is -0.950. The average molecular weight is 97.1 g/mol. The summed E-state index contributed by atoms with van der Waals surface area (Å²) < 4.78 is 0. The molecular weight excluding hydrogens is 90.1 g/mol. The summed E-state index contributed by atoms with van der Waals surface area (Å²) >= 11 is 0. The Morgan fingerprint density at radius 1 is 1.86 bits per heavy atom. The molecule has 0 aliphatic heterocycles. The first kappa shape index (κ1) is 6.05. The van der Waals surface area contributed by atoms with Gasteiger partial charge in [-0.1, -0.05) is 11.2 Å². The van der Waals surface area contributed by atoms with E-state index in [9.17, 15) is 0 Å². The second-order valence-corrected chi connectivity index (χ2v) is 1.03. The molecule has 38 valence electrons. The van der Waals surface area contributed by atoms with Gasteiger partial charge in [-0.3, -0.25) is 0 Å². The van der Waals surface area contributed by atoms with Gasteiger partial charge < -0.3 is 0 Å². The van der Waals surface area contributed by atoms with Crippen LogP contribution in [0.4, 0.5) is 0 Å². The quantitative estimate of drug-likeness (QED) is 0.170. The van der Waals surface area contributed by atoms with Crippen molar-refractivity contribution in [1.29, 1.82) is 0 Å². The van der Waals surface area contributed by atoms with E-state index in [1.165, 1.54) is 0 Å². The van der Waals surface area contributed by atoms with Crippen LogP contribution in [0, 0.1) is 0 Å². The largest absolute Gasteiger partial charge is 0.103 e. The third-order valence-electron chi connectivity index (χ3n) is 0.496. The summed E-state index contributed by atoms with van der Waals surface area (Å²) in [5.41, 5.74) is 7.72. The van der Waals surface area contributed by atoms with Crippen LogP contribution in [-0.4, -0.2) is 6.54 Å². The van der Waals surface area contributed by atoms with Gasteiger partial charge in [-0.2, -0.15) is 0 Å².